The van der Waals surface area contributed by atoms with Crippen molar-refractivity contribution in [3.63, 3.8) is 0 Å². The lowest BCUT2D eigenvalue weighted by Gasteiger charge is -2.26. The number of benzene rings is 2. The molecule has 0 saturated heterocycles. The Labute approximate surface area is 191 Å². The van der Waals surface area contributed by atoms with E-state index in [2.05, 4.69) is 25.7 Å². The van der Waals surface area contributed by atoms with Crippen LogP contribution >= 0.6 is 0 Å². The molecule has 0 aliphatic rings. The molecule has 2 aromatic carbocycles. The number of aliphatic hydroxyl groups excluding tert-OH is 1. The van der Waals surface area contributed by atoms with E-state index in [1.807, 2.05) is 66.2 Å². The molecule has 6 heteroatoms. The molecule has 1 atom stereocenters. The molecule has 3 rings (SSSR count). The van der Waals surface area contributed by atoms with Gasteiger partial charge in [-0.1, -0.05) is 39.0 Å². The summed E-state index contributed by atoms with van der Waals surface area (Å²) in [4.78, 5) is 2.28. The van der Waals surface area contributed by atoms with Crippen molar-refractivity contribution >= 4 is 0 Å². The summed E-state index contributed by atoms with van der Waals surface area (Å²) in [5.74, 6) is 2.69. The van der Waals surface area contributed by atoms with Crippen molar-refractivity contribution in [1.82, 2.24) is 14.7 Å². The van der Waals surface area contributed by atoms with Crippen molar-refractivity contribution in [1.29, 1.82) is 0 Å². The maximum atomic E-state index is 10.1. The van der Waals surface area contributed by atoms with Gasteiger partial charge in [-0.2, -0.15) is 5.10 Å². The van der Waals surface area contributed by atoms with Gasteiger partial charge in [0.05, 0.1) is 30.2 Å². The molecule has 0 amide bonds. The number of hydrogen-bond acceptors (Lipinski definition) is 5. The van der Waals surface area contributed by atoms with Crippen LogP contribution in [-0.2, 0) is 13.0 Å². The van der Waals surface area contributed by atoms with Crippen molar-refractivity contribution in [2.24, 2.45) is 5.92 Å². The summed E-state index contributed by atoms with van der Waals surface area (Å²) < 4.78 is 13.6. The van der Waals surface area contributed by atoms with E-state index in [1.54, 1.807) is 7.11 Å². The second-order valence-corrected chi connectivity index (χ2v) is 8.55. The summed E-state index contributed by atoms with van der Waals surface area (Å²) in [7, 11) is 1.65. The van der Waals surface area contributed by atoms with Crippen LogP contribution < -0.4 is 9.47 Å². The fourth-order valence-electron chi connectivity index (χ4n) is 3.84. The molecule has 1 aromatic heterocycles. The minimum Gasteiger partial charge on any atom is -0.497 e. The van der Waals surface area contributed by atoms with Gasteiger partial charge >= 0.3 is 0 Å². The topological polar surface area (TPSA) is 59.8 Å². The summed E-state index contributed by atoms with van der Waals surface area (Å²) in [6.45, 7) is 10.5. The Morgan fingerprint density at radius 3 is 2.19 bits per heavy atom. The highest BCUT2D eigenvalue weighted by Gasteiger charge is 2.23. The molecular weight excluding hydrogens is 402 g/mol. The second-order valence-electron chi connectivity index (χ2n) is 8.55. The molecule has 6 nitrogen and oxygen atoms in total. The van der Waals surface area contributed by atoms with Gasteiger partial charge in [-0.25, -0.2) is 4.68 Å². The number of methoxy groups -OCH3 is 1. The monoisotopic (exact) mass is 437 g/mol. The van der Waals surface area contributed by atoms with E-state index in [9.17, 15) is 5.11 Å². The molecule has 1 N–H and O–H groups in total. The number of aliphatic hydroxyl groups is 1. The average Bonchev–Trinajstić information content (AvgIpc) is 3.11. The van der Waals surface area contributed by atoms with Gasteiger partial charge in [0.15, 0.2) is 0 Å². The van der Waals surface area contributed by atoms with Gasteiger partial charge in [0.25, 0.3) is 0 Å². The Kier molecular flexibility index (Phi) is 8.31. The van der Waals surface area contributed by atoms with Crippen LogP contribution in [0.1, 0.15) is 39.0 Å². The van der Waals surface area contributed by atoms with Crippen LogP contribution in [0.25, 0.3) is 5.69 Å². The van der Waals surface area contributed by atoms with E-state index in [0.29, 0.717) is 24.9 Å². The maximum absolute atomic E-state index is 10.1. The van der Waals surface area contributed by atoms with Crippen molar-refractivity contribution < 1.29 is 14.6 Å². The fraction of sp³-hybridized carbons (Fsp3) is 0.423. The van der Waals surface area contributed by atoms with Crippen LogP contribution in [-0.4, -0.2) is 46.1 Å². The Bertz CT molecular complexity index is 956. The number of nitrogens with zero attached hydrogens (tertiary/aromatic N) is 3. The lowest BCUT2D eigenvalue weighted by Crippen LogP contribution is -2.33. The van der Waals surface area contributed by atoms with E-state index < -0.39 is 6.10 Å². The standard InChI is InChI=1S/C26H35N3O3/c1-6-25-24(18-28(16-19(2)3)17-20(4)30)26(29(27-25)21-10-8-7-9-11-21)32-23-14-12-22(31-5)13-15-23/h7-15,19-20,30H,6,16-18H2,1-5H3/t20-/m1/s1. The summed E-state index contributed by atoms with van der Waals surface area (Å²) in [5, 5.41) is 15.0. The molecular formula is C26H35N3O3. The molecule has 1 heterocycles. The van der Waals surface area contributed by atoms with Gasteiger partial charge in [0, 0.05) is 19.6 Å². The molecule has 0 aliphatic carbocycles. The number of aromatic nitrogens is 2. The van der Waals surface area contributed by atoms with E-state index in [1.165, 1.54) is 0 Å². The summed E-state index contributed by atoms with van der Waals surface area (Å²) >= 11 is 0. The zero-order chi connectivity index (χ0) is 23.1. The van der Waals surface area contributed by atoms with Crippen molar-refractivity contribution in [3.8, 4) is 23.1 Å². The van der Waals surface area contributed by atoms with Crippen LogP contribution in [0.5, 0.6) is 17.4 Å². The maximum Gasteiger partial charge on any atom is 0.227 e. The highest BCUT2D eigenvalue weighted by atomic mass is 16.5. The Hall–Kier alpha value is -2.83. The van der Waals surface area contributed by atoms with Crippen LogP contribution in [0.2, 0.25) is 0 Å². The SMILES string of the molecule is CCc1nn(-c2ccccc2)c(Oc2ccc(OC)cc2)c1CN(CC(C)C)C[C@@H](C)O. The first kappa shape index (κ1) is 23.8. The summed E-state index contributed by atoms with van der Waals surface area (Å²) in [5.41, 5.74) is 2.99. The molecule has 0 saturated carbocycles. The molecule has 0 aliphatic heterocycles. The second kappa shape index (κ2) is 11.2. The zero-order valence-corrected chi connectivity index (χ0v) is 19.8. The van der Waals surface area contributed by atoms with E-state index in [0.717, 1.165) is 41.4 Å². The average molecular weight is 438 g/mol. The number of para-hydroxylation sites is 1. The van der Waals surface area contributed by atoms with Gasteiger partial charge in [-0.05, 0) is 55.7 Å². The van der Waals surface area contributed by atoms with Crippen molar-refractivity contribution in [2.75, 3.05) is 20.2 Å². The third-order valence-electron chi connectivity index (χ3n) is 5.16. The first-order chi connectivity index (χ1) is 15.4. The molecule has 0 radical (unpaired) electrons. The number of ether oxygens (including phenoxy) is 2. The summed E-state index contributed by atoms with van der Waals surface area (Å²) in [6, 6.07) is 17.6. The van der Waals surface area contributed by atoms with Gasteiger partial charge in [0.1, 0.15) is 11.5 Å². The number of hydrogen-bond donors (Lipinski definition) is 1. The third-order valence-corrected chi connectivity index (χ3v) is 5.16. The lowest BCUT2D eigenvalue weighted by atomic mass is 10.1. The fourth-order valence-corrected chi connectivity index (χ4v) is 3.84. The summed E-state index contributed by atoms with van der Waals surface area (Å²) in [6.07, 6.45) is 0.382. The third kappa shape index (κ3) is 6.11. The Morgan fingerprint density at radius 1 is 0.969 bits per heavy atom. The zero-order valence-electron chi connectivity index (χ0n) is 19.8. The normalized spacial score (nSPS) is 12.4. The van der Waals surface area contributed by atoms with Gasteiger partial charge in [-0.3, -0.25) is 4.90 Å². The van der Waals surface area contributed by atoms with Crippen LogP contribution in [0, 0.1) is 5.92 Å². The van der Waals surface area contributed by atoms with Crippen LogP contribution in [0.15, 0.2) is 54.6 Å². The predicted molar refractivity (Wildman–Crippen MR) is 128 cm³/mol. The highest BCUT2D eigenvalue weighted by Crippen LogP contribution is 2.33. The minimum absolute atomic E-state index is 0.408. The number of aryl methyl sites for hydroxylation is 1. The molecule has 0 bridgehead atoms. The van der Waals surface area contributed by atoms with E-state index in [-0.39, 0.29) is 0 Å². The number of rotatable bonds is 11. The molecule has 172 valence electrons. The smallest absolute Gasteiger partial charge is 0.227 e. The molecule has 3 aromatic rings. The lowest BCUT2D eigenvalue weighted by molar-refractivity contribution is 0.114. The Morgan fingerprint density at radius 2 is 1.62 bits per heavy atom. The molecule has 0 unspecified atom stereocenters. The van der Waals surface area contributed by atoms with E-state index >= 15 is 0 Å². The van der Waals surface area contributed by atoms with Crippen molar-refractivity contribution in [3.05, 3.63) is 65.9 Å². The highest BCUT2D eigenvalue weighted by molar-refractivity contribution is 5.44. The van der Waals surface area contributed by atoms with Gasteiger partial charge in [0.2, 0.25) is 5.88 Å². The quantitative estimate of drug-likeness (QED) is 0.454. The molecule has 0 spiro atoms. The van der Waals surface area contributed by atoms with Gasteiger partial charge < -0.3 is 14.6 Å². The minimum atomic E-state index is -0.408. The predicted octanol–water partition coefficient (Wildman–Crippen LogP) is 5.07. The van der Waals surface area contributed by atoms with Crippen LogP contribution in [0.4, 0.5) is 0 Å². The first-order valence-corrected chi connectivity index (χ1v) is 11.3. The van der Waals surface area contributed by atoms with Crippen LogP contribution in [0.3, 0.4) is 0 Å². The molecule has 0 fully saturated rings. The largest absolute Gasteiger partial charge is 0.497 e. The van der Waals surface area contributed by atoms with E-state index in [4.69, 9.17) is 14.6 Å². The molecule has 32 heavy (non-hydrogen) atoms. The first-order valence-electron chi connectivity index (χ1n) is 11.3. The van der Waals surface area contributed by atoms with Crippen molar-refractivity contribution in [2.45, 2.75) is 46.8 Å². The van der Waals surface area contributed by atoms with Gasteiger partial charge in [-0.15, -0.1) is 0 Å². The Balaban J connectivity index is 2.05.